The molecule has 1 saturated heterocycles. The van der Waals surface area contributed by atoms with Crippen LogP contribution in [0.3, 0.4) is 0 Å². The summed E-state index contributed by atoms with van der Waals surface area (Å²) >= 11 is 6.23. The van der Waals surface area contributed by atoms with Crippen molar-refractivity contribution in [1.82, 2.24) is 14.5 Å². The van der Waals surface area contributed by atoms with Gasteiger partial charge in [-0.25, -0.2) is 8.42 Å². The Labute approximate surface area is 183 Å². The predicted octanol–water partition coefficient (Wildman–Crippen LogP) is 3.03. The number of nitrogens with zero attached hydrogens (tertiary/aromatic N) is 2. The van der Waals surface area contributed by atoms with E-state index < -0.39 is 15.6 Å². The maximum atomic E-state index is 13.1. The van der Waals surface area contributed by atoms with Crippen molar-refractivity contribution < 1.29 is 13.2 Å². The molecular formula is C22H28ClN3O3S. The molecule has 0 aliphatic carbocycles. The normalized spacial score (nSPS) is 16.4. The second kappa shape index (κ2) is 9.06. The lowest BCUT2D eigenvalue weighted by Crippen LogP contribution is -2.47. The Kier molecular flexibility index (Phi) is 6.87. The topological polar surface area (TPSA) is 69.7 Å². The summed E-state index contributed by atoms with van der Waals surface area (Å²) in [4.78, 5) is 14.9. The zero-order chi connectivity index (χ0) is 21.9. The molecule has 2 aromatic rings. The number of carbonyl (C=O) groups is 1. The van der Waals surface area contributed by atoms with Crippen molar-refractivity contribution in [3.05, 3.63) is 64.7 Å². The SMILES string of the molecule is CN1CCN(S(=O)(=O)c2cc(C(=O)NC(C)(C)Cc3ccccc3)ccc2Cl)CC1. The van der Waals surface area contributed by atoms with Crippen LogP contribution in [0.25, 0.3) is 0 Å². The Hall–Kier alpha value is -1.93. The minimum atomic E-state index is -3.77. The van der Waals surface area contributed by atoms with Crippen molar-refractivity contribution in [3.63, 3.8) is 0 Å². The summed E-state index contributed by atoms with van der Waals surface area (Å²) in [5, 5.41) is 3.13. The van der Waals surface area contributed by atoms with Gasteiger partial charge in [0.05, 0.1) is 5.02 Å². The largest absolute Gasteiger partial charge is 0.347 e. The van der Waals surface area contributed by atoms with Gasteiger partial charge in [0.25, 0.3) is 5.91 Å². The Morgan fingerprint density at radius 3 is 2.33 bits per heavy atom. The van der Waals surface area contributed by atoms with Crippen LogP contribution < -0.4 is 5.32 Å². The first-order valence-corrected chi connectivity index (χ1v) is 11.7. The number of halogens is 1. The zero-order valence-electron chi connectivity index (χ0n) is 17.6. The molecule has 1 aliphatic heterocycles. The Balaban J connectivity index is 1.79. The monoisotopic (exact) mass is 449 g/mol. The average Bonchev–Trinajstić information content (AvgIpc) is 2.68. The molecule has 1 fully saturated rings. The summed E-state index contributed by atoms with van der Waals surface area (Å²) in [7, 11) is -1.81. The van der Waals surface area contributed by atoms with Crippen LogP contribution in [0.1, 0.15) is 29.8 Å². The maximum Gasteiger partial charge on any atom is 0.251 e. The number of benzene rings is 2. The van der Waals surface area contributed by atoms with E-state index >= 15 is 0 Å². The third kappa shape index (κ3) is 5.40. The molecule has 1 heterocycles. The molecule has 8 heteroatoms. The van der Waals surface area contributed by atoms with Crippen molar-refractivity contribution in [2.45, 2.75) is 30.7 Å². The molecular weight excluding hydrogens is 422 g/mol. The van der Waals surface area contributed by atoms with Gasteiger partial charge in [-0.15, -0.1) is 0 Å². The number of amides is 1. The third-order valence-electron chi connectivity index (χ3n) is 5.21. The maximum absolute atomic E-state index is 13.1. The van der Waals surface area contributed by atoms with Gasteiger partial charge in [0, 0.05) is 37.3 Å². The van der Waals surface area contributed by atoms with E-state index in [0.29, 0.717) is 32.6 Å². The second-order valence-corrected chi connectivity index (χ2v) is 10.7. The van der Waals surface area contributed by atoms with E-state index in [4.69, 9.17) is 11.6 Å². The Morgan fingerprint density at radius 1 is 1.07 bits per heavy atom. The average molecular weight is 450 g/mol. The Bertz CT molecular complexity index is 1000. The molecule has 6 nitrogen and oxygen atoms in total. The lowest BCUT2D eigenvalue weighted by molar-refractivity contribution is 0.0913. The van der Waals surface area contributed by atoms with E-state index in [2.05, 4.69) is 10.2 Å². The summed E-state index contributed by atoms with van der Waals surface area (Å²) in [5.41, 5.74) is 0.875. The van der Waals surface area contributed by atoms with Gasteiger partial charge < -0.3 is 10.2 Å². The first-order valence-electron chi connectivity index (χ1n) is 9.93. The van der Waals surface area contributed by atoms with E-state index in [1.807, 2.05) is 51.2 Å². The highest BCUT2D eigenvalue weighted by atomic mass is 35.5. The fraction of sp³-hybridized carbons (Fsp3) is 0.409. The molecule has 0 atom stereocenters. The molecule has 0 unspecified atom stereocenters. The number of hydrogen-bond acceptors (Lipinski definition) is 4. The molecule has 1 N–H and O–H groups in total. The van der Waals surface area contributed by atoms with Gasteiger partial charge in [-0.2, -0.15) is 4.31 Å². The molecule has 0 spiro atoms. The lowest BCUT2D eigenvalue weighted by Gasteiger charge is -2.31. The van der Waals surface area contributed by atoms with Crippen molar-refractivity contribution in [1.29, 1.82) is 0 Å². The van der Waals surface area contributed by atoms with Crippen LogP contribution in [-0.2, 0) is 16.4 Å². The van der Waals surface area contributed by atoms with Gasteiger partial charge in [-0.05, 0) is 51.1 Å². The van der Waals surface area contributed by atoms with E-state index in [1.54, 1.807) is 6.07 Å². The van der Waals surface area contributed by atoms with Crippen LogP contribution >= 0.6 is 11.6 Å². The van der Waals surface area contributed by atoms with Crippen LogP contribution in [0.4, 0.5) is 0 Å². The van der Waals surface area contributed by atoms with Crippen LogP contribution in [0.2, 0.25) is 5.02 Å². The molecule has 0 radical (unpaired) electrons. The Morgan fingerprint density at radius 2 is 1.70 bits per heavy atom. The zero-order valence-corrected chi connectivity index (χ0v) is 19.1. The van der Waals surface area contributed by atoms with Gasteiger partial charge in [0.1, 0.15) is 4.90 Å². The van der Waals surface area contributed by atoms with Crippen molar-refractivity contribution in [2.24, 2.45) is 0 Å². The molecule has 0 aromatic heterocycles. The van der Waals surface area contributed by atoms with Crippen LogP contribution in [0.15, 0.2) is 53.4 Å². The molecule has 0 saturated carbocycles. The van der Waals surface area contributed by atoms with E-state index in [-0.39, 0.29) is 21.4 Å². The lowest BCUT2D eigenvalue weighted by atomic mass is 9.94. The standard InChI is InChI=1S/C22H28ClN3O3S/c1-22(2,16-17-7-5-4-6-8-17)24-21(27)18-9-10-19(23)20(15-18)30(28,29)26-13-11-25(3)12-14-26/h4-10,15H,11-14,16H2,1-3H3,(H,24,27). The van der Waals surface area contributed by atoms with Crippen molar-refractivity contribution in [2.75, 3.05) is 33.2 Å². The van der Waals surface area contributed by atoms with Crippen molar-refractivity contribution >= 4 is 27.5 Å². The minimum Gasteiger partial charge on any atom is -0.347 e. The molecule has 30 heavy (non-hydrogen) atoms. The molecule has 3 rings (SSSR count). The molecule has 1 amide bonds. The predicted molar refractivity (Wildman–Crippen MR) is 119 cm³/mol. The number of hydrogen-bond donors (Lipinski definition) is 1. The number of likely N-dealkylation sites (N-methyl/N-ethyl adjacent to an activating group) is 1. The van der Waals surface area contributed by atoms with Crippen LogP contribution in [0, 0.1) is 0 Å². The molecule has 1 aliphatic rings. The summed E-state index contributed by atoms with van der Waals surface area (Å²) in [6, 6.07) is 14.3. The molecule has 162 valence electrons. The first kappa shape index (κ1) is 22.7. The second-order valence-electron chi connectivity index (χ2n) is 8.35. The van der Waals surface area contributed by atoms with Gasteiger partial charge in [-0.1, -0.05) is 41.9 Å². The van der Waals surface area contributed by atoms with Gasteiger partial charge >= 0.3 is 0 Å². The highest BCUT2D eigenvalue weighted by Crippen LogP contribution is 2.27. The van der Waals surface area contributed by atoms with Crippen molar-refractivity contribution in [3.8, 4) is 0 Å². The van der Waals surface area contributed by atoms with Gasteiger partial charge in [0.2, 0.25) is 10.0 Å². The summed E-state index contributed by atoms with van der Waals surface area (Å²) < 4.78 is 27.6. The van der Waals surface area contributed by atoms with E-state index in [1.165, 1.54) is 16.4 Å². The van der Waals surface area contributed by atoms with E-state index in [0.717, 1.165) is 5.56 Å². The number of sulfonamides is 1. The summed E-state index contributed by atoms with van der Waals surface area (Å²) in [6.07, 6.45) is 0.652. The number of nitrogens with one attached hydrogen (secondary N) is 1. The highest BCUT2D eigenvalue weighted by molar-refractivity contribution is 7.89. The smallest absolute Gasteiger partial charge is 0.251 e. The number of carbonyl (C=O) groups excluding carboxylic acids is 1. The fourth-order valence-electron chi connectivity index (χ4n) is 3.54. The quantitative estimate of drug-likeness (QED) is 0.735. The van der Waals surface area contributed by atoms with Crippen LogP contribution in [-0.4, -0.2) is 62.3 Å². The highest BCUT2D eigenvalue weighted by Gasteiger charge is 2.30. The fourth-order valence-corrected chi connectivity index (χ4v) is 5.46. The molecule has 0 bridgehead atoms. The van der Waals surface area contributed by atoms with Gasteiger partial charge in [0.15, 0.2) is 0 Å². The summed E-state index contributed by atoms with van der Waals surface area (Å²) in [5.74, 6) is -0.331. The summed E-state index contributed by atoms with van der Waals surface area (Å²) in [6.45, 7) is 5.99. The van der Waals surface area contributed by atoms with Gasteiger partial charge in [-0.3, -0.25) is 4.79 Å². The van der Waals surface area contributed by atoms with E-state index in [9.17, 15) is 13.2 Å². The van der Waals surface area contributed by atoms with Crippen LogP contribution in [0.5, 0.6) is 0 Å². The molecule has 2 aromatic carbocycles. The third-order valence-corrected chi connectivity index (χ3v) is 7.59. The number of rotatable bonds is 6. The first-order chi connectivity index (χ1) is 14.1. The number of piperazine rings is 1. The minimum absolute atomic E-state index is 0.0257.